The van der Waals surface area contributed by atoms with E-state index < -0.39 is 0 Å². The smallest absolute Gasteiger partial charge is 0.118 e. The van der Waals surface area contributed by atoms with Crippen molar-refractivity contribution in [3.8, 4) is 11.5 Å². The third-order valence-electron chi connectivity index (χ3n) is 3.39. The third-order valence-corrected chi connectivity index (χ3v) is 3.39. The molecule has 20 heavy (non-hydrogen) atoms. The predicted octanol–water partition coefficient (Wildman–Crippen LogP) is 3.55. The van der Waals surface area contributed by atoms with Crippen LogP contribution in [0.5, 0.6) is 11.5 Å². The Balaban J connectivity index is 1.91. The number of nitrogens with one attached hydrogen (secondary N) is 1. The highest BCUT2D eigenvalue weighted by molar-refractivity contribution is 5.29. The largest absolute Gasteiger partial charge is 0.497 e. The molecule has 1 unspecified atom stereocenters. The van der Waals surface area contributed by atoms with Gasteiger partial charge in [0.1, 0.15) is 11.5 Å². The molecule has 0 aromatic heterocycles. The molecule has 2 aromatic rings. The van der Waals surface area contributed by atoms with E-state index in [1.165, 1.54) is 11.1 Å². The lowest BCUT2D eigenvalue weighted by atomic mass is 10.1. The zero-order chi connectivity index (χ0) is 14.4. The molecule has 2 rings (SSSR count). The summed E-state index contributed by atoms with van der Waals surface area (Å²) in [6.45, 7) is 2.99. The van der Waals surface area contributed by atoms with Crippen LogP contribution in [-0.4, -0.2) is 14.2 Å². The molecule has 0 saturated heterocycles. The minimum absolute atomic E-state index is 0.294. The van der Waals surface area contributed by atoms with Gasteiger partial charge in [0.25, 0.3) is 0 Å². The van der Waals surface area contributed by atoms with Crippen molar-refractivity contribution in [3.63, 3.8) is 0 Å². The highest BCUT2D eigenvalue weighted by Gasteiger charge is 2.05. The monoisotopic (exact) mass is 271 g/mol. The Bertz CT molecular complexity index is 520. The lowest BCUT2D eigenvalue weighted by molar-refractivity contribution is 0.414. The number of ether oxygens (including phenoxy) is 2. The topological polar surface area (TPSA) is 30.5 Å². The quantitative estimate of drug-likeness (QED) is 0.871. The number of hydrogen-bond donors (Lipinski definition) is 1. The lowest BCUT2D eigenvalue weighted by Gasteiger charge is -2.15. The molecule has 106 valence electrons. The maximum absolute atomic E-state index is 5.17. The molecular weight excluding hydrogens is 250 g/mol. The first-order valence-electron chi connectivity index (χ1n) is 6.73. The Morgan fingerprint density at radius 3 is 1.85 bits per heavy atom. The molecule has 0 amide bonds. The van der Waals surface area contributed by atoms with E-state index >= 15 is 0 Å². The zero-order valence-corrected chi connectivity index (χ0v) is 12.2. The van der Waals surface area contributed by atoms with Crippen LogP contribution in [0.15, 0.2) is 48.5 Å². The van der Waals surface area contributed by atoms with Crippen molar-refractivity contribution < 1.29 is 9.47 Å². The molecule has 1 atom stereocenters. The maximum atomic E-state index is 5.17. The molecule has 0 bridgehead atoms. The van der Waals surface area contributed by atoms with Crippen LogP contribution in [0.1, 0.15) is 24.1 Å². The van der Waals surface area contributed by atoms with E-state index in [4.69, 9.17) is 9.47 Å². The van der Waals surface area contributed by atoms with Gasteiger partial charge in [0, 0.05) is 12.6 Å². The number of benzene rings is 2. The molecule has 0 fully saturated rings. The fourth-order valence-corrected chi connectivity index (χ4v) is 2.02. The van der Waals surface area contributed by atoms with Crippen molar-refractivity contribution in [2.75, 3.05) is 14.2 Å². The van der Waals surface area contributed by atoms with Crippen molar-refractivity contribution >= 4 is 0 Å². The van der Waals surface area contributed by atoms with E-state index in [1.807, 2.05) is 24.3 Å². The van der Waals surface area contributed by atoms with Gasteiger partial charge in [0.05, 0.1) is 14.2 Å². The predicted molar refractivity (Wildman–Crippen MR) is 81.2 cm³/mol. The SMILES string of the molecule is COc1ccc(CNC(C)c2ccc(OC)cc2)cc1. The molecule has 0 aliphatic heterocycles. The van der Waals surface area contributed by atoms with Gasteiger partial charge in [-0.15, -0.1) is 0 Å². The van der Waals surface area contributed by atoms with Crippen LogP contribution >= 0.6 is 0 Å². The van der Waals surface area contributed by atoms with Gasteiger partial charge in [-0.25, -0.2) is 0 Å². The Morgan fingerprint density at radius 1 is 0.850 bits per heavy atom. The molecule has 3 nitrogen and oxygen atoms in total. The van der Waals surface area contributed by atoms with E-state index in [-0.39, 0.29) is 0 Å². The number of methoxy groups -OCH3 is 2. The maximum Gasteiger partial charge on any atom is 0.118 e. The van der Waals surface area contributed by atoms with E-state index in [2.05, 4.69) is 36.5 Å². The van der Waals surface area contributed by atoms with Crippen molar-refractivity contribution in [2.45, 2.75) is 19.5 Å². The lowest BCUT2D eigenvalue weighted by Crippen LogP contribution is -2.17. The van der Waals surface area contributed by atoms with Gasteiger partial charge < -0.3 is 14.8 Å². The summed E-state index contributed by atoms with van der Waals surface area (Å²) in [5.41, 5.74) is 2.49. The molecular formula is C17H21NO2. The fourth-order valence-electron chi connectivity index (χ4n) is 2.02. The normalized spacial score (nSPS) is 11.9. The van der Waals surface area contributed by atoms with Crippen molar-refractivity contribution in [3.05, 3.63) is 59.7 Å². The number of rotatable bonds is 6. The molecule has 0 spiro atoms. The highest BCUT2D eigenvalue weighted by Crippen LogP contribution is 2.18. The molecule has 1 N–H and O–H groups in total. The minimum atomic E-state index is 0.294. The number of hydrogen-bond acceptors (Lipinski definition) is 3. The zero-order valence-electron chi connectivity index (χ0n) is 12.2. The Labute approximate surface area is 120 Å². The van der Waals surface area contributed by atoms with Crippen LogP contribution in [0.25, 0.3) is 0 Å². The fraction of sp³-hybridized carbons (Fsp3) is 0.294. The average molecular weight is 271 g/mol. The first-order chi connectivity index (χ1) is 9.72. The summed E-state index contributed by atoms with van der Waals surface area (Å²) in [7, 11) is 3.36. The van der Waals surface area contributed by atoms with Gasteiger partial charge in [-0.05, 0) is 42.3 Å². The van der Waals surface area contributed by atoms with Gasteiger partial charge in [0.2, 0.25) is 0 Å². The van der Waals surface area contributed by atoms with Crippen molar-refractivity contribution in [1.29, 1.82) is 0 Å². The molecule has 2 aromatic carbocycles. The van der Waals surface area contributed by atoms with Crippen LogP contribution in [0.2, 0.25) is 0 Å². The second-order valence-corrected chi connectivity index (χ2v) is 4.72. The minimum Gasteiger partial charge on any atom is -0.497 e. The van der Waals surface area contributed by atoms with Crippen molar-refractivity contribution in [2.24, 2.45) is 0 Å². The molecule has 0 aliphatic rings. The Morgan fingerprint density at radius 2 is 1.35 bits per heavy atom. The summed E-state index contributed by atoms with van der Waals surface area (Å²) in [5.74, 6) is 1.77. The van der Waals surface area contributed by atoms with E-state index in [9.17, 15) is 0 Å². The Kier molecular flexibility index (Phi) is 5.02. The van der Waals surface area contributed by atoms with Crippen LogP contribution in [0.3, 0.4) is 0 Å². The van der Waals surface area contributed by atoms with Crippen LogP contribution in [0, 0.1) is 0 Å². The van der Waals surface area contributed by atoms with E-state index in [1.54, 1.807) is 14.2 Å². The summed E-state index contributed by atoms with van der Waals surface area (Å²) in [5, 5.41) is 3.51. The summed E-state index contributed by atoms with van der Waals surface area (Å²) < 4.78 is 10.3. The summed E-state index contributed by atoms with van der Waals surface area (Å²) in [4.78, 5) is 0. The Hall–Kier alpha value is -2.00. The summed E-state index contributed by atoms with van der Waals surface area (Å²) >= 11 is 0. The summed E-state index contributed by atoms with van der Waals surface area (Å²) in [6, 6.07) is 16.6. The first kappa shape index (κ1) is 14.4. The van der Waals surface area contributed by atoms with E-state index in [0.717, 1.165) is 18.0 Å². The molecule has 0 heterocycles. The second-order valence-electron chi connectivity index (χ2n) is 4.72. The summed E-state index contributed by atoms with van der Waals surface area (Å²) in [6.07, 6.45) is 0. The van der Waals surface area contributed by atoms with Gasteiger partial charge in [-0.2, -0.15) is 0 Å². The first-order valence-corrected chi connectivity index (χ1v) is 6.73. The van der Waals surface area contributed by atoms with Crippen LogP contribution in [0.4, 0.5) is 0 Å². The average Bonchev–Trinajstić information content (AvgIpc) is 2.53. The van der Waals surface area contributed by atoms with Gasteiger partial charge in [-0.1, -0.05) is 24.3 Å². The van der Waals surface area contributed by atoms with Gasteiger partial charge in [-0.3, -0.25) is 0 Å². The second kappa shape index (κ2) is 6.96. The molecule has 0 aliphatic carbocycles. The molecule has 0 radical (unpaired) electrons. The van der Waals surface area contributed by atoms with E-state index in [0.29, 0.717) is 6.04 Å². The van der Waals surface area contributed by atoms with Gasteiger partial charge in [0.15, 0.2) is 0 Å². The van der Waals surface area contributed by atoms with Crippen molar-refractivity contribution in [1.82, 2.24) is 5.32 Å². The van der Waals surface area contributed by atoms with Crippen LogP contribution in [-0.2, 0) is 6.54 Å². The van der Waals surface area contributed by atoms with Gasteiger partial charge >= 0.3 is 0 Å². The molecule has 3 heteroatoms. The standard InChI is InChI=1S/C17H21NO2/c1-13(15-6-10-17(20-3)11-7-15)18-12-14-4-8-16(19-2)9-5-14/h4-11,13,18H,12H2,1-3H3. The highest BCUT2D eigenvalue weighted by atomic mass is 16.5. The third kappa shape index (κ3) is 3.75. The van der Waals surface area contributed by atoms with Crippen LogP contribution < -0.4 is 14.8 Å². The molecule has 0 saturated carbocycles.